The third-order valence-electron chi connectivity index (χ3n) is 2.67. The number of aliphatic hydroxyl groups is 1. The average Bonchev–Trinajstić information content (AvgIpc) is 2.37. The molecule has 0 saturated carbocycles. The lowest BCUT2D eigenvalue weighted by Gasteiger charge is -2.20. The highest BCUT2D eigenvalue weighted by Gasteiger charge is 2.23. The Morgan fingerprint density at radius 2 is 1.90 bits per heavy atom. The molecule has 0 amide bonds. The van der Waals surface area contributed by atoms with Crippen molar-refractivity contribution in [2.45, 2.75) is 12.2 Å². The molecule has 0 radical (unpaired) electrons. The van der Waals surface area contributed by atoms with Crippen molar-refractivity contribution >= 4 is 39.2 Å². The molecule has 2 N–H and O–H groups in total. The standard InChI is InChI=1S/C12H15Cl2NO5S/c13-10-2-1-9(11(14)7-10)8-21(19,20)15(5-6-16)4-3-12(17)18/h1-2,7,16H,3-6,8H2,(H,17,18). The van der Waals surface area contributed by atoms with Gasteiger partial charge in [0.05, 0.1) is 18.8 Å². The maximum atomic E-state index is 12.3. The minimum absolute atomic E-state index is 0.166. The van der Waals surface area contributed by atoms with Crippen LogP contribution in [0.15, 0.2) is 18.2 Å². The van der Waals surface area contributed by atoms with Gasteiger partial charge in [-0.25, -0.2) is 8.42 Å². The van der Waals surface area contributed by atoms with Crippen LogP contribution in [-0.4, -0.2) is 48.6 Å². The molecule has 1 rings (SSSR count). The van der Waals surface area contributed by atoms with E-state index in [0.717, 1.165) is 4.31 Å². The fraction of sp³-hybridized carbons (Fsp3) is 0.417. The number of benzene rings is 1. The van der Waals surface area contributed by atoms with E-state index in [0.29, 0.717) is 10.6 Å². The van der Waals surface area contributed by atoms with Gasteiger partial charge in [-0.1, -0.05) is 29.3 Å². The molecule has 1 aromatic carbocycles. The van der Waals surface area contributed by atoms with E-state index >= 15 is 0 Å². The summed E-state index contributed by atoms with van der Waals surface area (Å²) in [5, 5.41) is 18.2. The predicted octanol–water partition coefficient (Wildman–Crippen LogP) is 1.59. The summed E-state index contributed by atoms with van der Waals surface area (Å²) in [7, 11) is -3.79. The molecular weight excluding hydrogens is 341 g/mol. The zero-order valence-electron chi connectivity index (χ0n) is 11.0. The van der Waals surface area contributed by atoms with Gasteiger partial charge in [0, 0.05) is 23.1 Å². The zero-order valence-corrected chi connectivity index (χ0v) is 13.3. The van der Waals surface area contributed by atoms with Gasteiger partial charge in [0.2, 0.25) is 10.0 Å². The monoisotopic (exact) mass is 355 g/mol. The van der Waals surface area contributed by atoms with Gasteiger partial charge < -0.3 is 10.2 Å². The largest absolute Gasteiger partial charge is 0.481 e. The van der Waals surface area contributed by atoms with Crippen LogP contribution in [0.25, 0.3) is 0 Å². The molecule has 0 fully saturated rings. The molecule has 1 aromatic rings. The number of carboxylic acid groups (broad SMARTS) is 1. The Kier molecular flexibility index (Phi) is 6.89. The van der Waals surface area contributed by atoms with Crippen molar-refractivity contribution in [3.63, 3.8) is 0 Å². The van der Waals surface area contributed by atoms with Gasteiger partial charge in [-0.15, -0.1) is 0 Å². The van der Waals surface area contributed by atoms with Crippen LogP contribution >= 0.6 is 23.2 Å². The molecule has 0 spiro atoms. The van der Waals surface area contributed by atoms with Gasteiger partial charge in [0.25, 0.3) is 0 Å². The van der Waals surface area contributed by atoms with Crippen molar-refractivity contribution < 1.29 is 23.4 Å². The maximum Gasteiger partial charge on any atom is 0.304 e. The topological polar surface area (TPSA) is 94.9 Å². The Bertz CT molecular complexity index is 606. The van der Waals surface area contributed by atoms with Crippen molar-refractivity contribution in [3.8, 4) is 0 Å². The molecule has 0 heterocycles. The first-order valence-electron chi connectivity index (χ1n) is 6.00. The summed E-state index contributed by atoms with van der Waals surface area (Å²) in [4.78, 5) is 10.6. The molecular formula is C12H15Cl2NO5S. The van der Waals surface area contributed by atoms with E-state index in [1.54, 1.807) is 0 Å². The first-order chi connectivity index (χ1) is 9.76. The third kappa shape index (κ3) is 5.80. The molecule has 0 bridgehead atoms. The van der Waals surface area contributed by atoms with Crippen LogP contribution in [0.2, 0.25) is 10.0 Å². The molecule has 0 unspecified atom stereocenters. The first-order valence-corrected chi connectivity index (χ1v) is 8.37. The summed E-state index contributed by atoms with van der Waals surface area (Å²) in [6.45, 7) is -0.766. The lowest BCUT2D eigenvalue weighted by Crippen LogP contribution is -2.36. The molecule has 6 nitrogen and oxygen atoms in total. The summed E-state index contributed by atoms with van der Waals surface area (Å²) in [6, 6.07) is 4.45. The number of carboxylic acids is 1. The van der Waals surface area contributed by atoms with Crippen molar-refractivity contribution in [2.24, 2.45) is 0 Å². The minimum Gasteiger partial charge on any atom is -0.481 e. The second-order valence-electron chi connectivity index (χ2n) is 4.26. The highest BCUT2D eigenvalue weighted by molar-refractivity contribution is 7.88. The molecule has 0 aromatic heterocycles. The minimum atomic E-state index is -3.79. The molecule has 9 heteroatoms. The fourth-order valence-electron chi connectivity index (χ4n) is 1.65. The van der Waals surface area contributed by atoms with Crippen LogP contribution in [0.4, 0.5) is 0 Å². The van der Waals surface area contributed by atoms with Crippen LogP contribution in [-0.2, 0) is 20.6 Å². The molecule has 0 aliphatic heterocycles. The Morgan fingerprint density at radius 1 is 1.24 bits per heavy atom. The van der Waals surface area contributed by atoms with Gasteiger partial charge in [-0.05, 0) is 17.7 Å². The quantitative estimate of drug-likeness (QED) is 0.738. The van der Waals surface area contributed by atoms with E-state index in [-0.39, 0.29) is 30.3 Å². The Labute approximate surface area is 132 Å². The molecule has 0 atom stereocenters. The van der Waals surface area contributed by atoms with Crippen LogP contribution in [0, 0.1) is 0 Å². The maximum absolute atomic E-state index is 12.3. The number of hydrogen-bond acceptors (Lipinski definition) is 4. The molecule has 0 aliphatic carbocycles. The van der Waals surface area contributed by atoms with E-state index in [1.165, 1.54) is 18.2 Å². The summed E-state index contributed by atoms with van der Waals surface area (Å²) in [5.41, 5.74) is 0.360. The van der Waals surface area contributed by atoms with E-state index in [9.17, 15) is 13.2 Å². The molecule has 118 valence electrons. The van der Waals surface area contributed by atoms with E-state index in [2.05, 4.69) is 0 Å². The first kappa shape index (κ1) is 18.2. The van der Waals surface area contributed by atoms with E-state index in [1.807, 2.05) is 0 Å². The van der Waals surface area contributed by atoms with Gasteiger partial charge >= 0.3 is 5.97 Å². The number of carbonyl (C=O) groups is 1. The molecule has 0 saturated heterocycles. The van der Waals surface area contributed by atoms with Gasteiger partial charge in [-0.3, -0.25) is 4.79 Å². The Hall–Kier alpha value is -0.860. The highest BCUT2D eigenvalue weighted by Crippen LogP contribution is 2.23. The Balaban J connectivity index is 2.92. The normalized spacial score (nSPS) is 11.8. The van der Waals surface area contributed by atoms with Gasteiger partial charge in [0.1, 0.15) is 0 Å². The molecule has 21 heavy (non-hydrogen) atoms. The second kappa shape index (κ2) is 7.95. The SMILES string of the molecule is O=C(O)CCN(CCO)S(=O)(=O)Cc1ccc(Cl)cc1Cl. The number of rotatable bonds is 8. The van der Waals surface area contributed by atoms with Crippen molar-refractivity contribution in [1.82, 2.24) is 4.31 Å². The van der Waals surface area contributed by atoms with Crippen LogP contribution in [0.1, 0.15) is 12.0 Å². The number of aliphatic carboxylic acids is 1. The lowest BCUT2D eigenvalue weighted by molar-refractivity contribution is -0.137. The Morgan fingerprint density at radius 3 is 2.43 bits per heavy atom. The van der Waals surface area contributed by atoms with Gasteiger partial charge in [-0.2, -0.15) is 4.31 Å². The molecule has 0 aliphatic rings. The number of halogens is 2. The fourth-order valence-corrected chi connectivity index (χ4v) is 3.76. The van der Waals surface area contributed by atoms with Crippen LogP contribution in [0.3, 0.4) is 0 Å². The third-order valence-corrected chi connectivity index (χ3v) is 5.09. The number of aliphatic hydroxyl groups excluding tert-OH is 1. The van der Waals surface area contributed by atoms with Crippen LogP contribution in [0.5, 0.6) is 0 Å². The second-order valence-corrected chi connectivity index (χ2v) is 7.07. The van der Waals surface area contributed by atoms with Gasteiger partial charge in [0.15, 0.2) is 0 Å². The number of hydrogen-bond donors (Lipinski definition) is 2. The summed E-state index contributed by atoms with van der Waals surface area (Å²) in [5.74, 6) is -1.50. The van der Waals surface area contributed by atoms with Crippen molar-refractivity contribution in [3.05, 3.63) is 33.8 Å². The summed E-state index contributed by atoms with van der Waals surface area (Å²) in [6.07, 6.45) is -0.340. The highest BCUT2D eigenvalue weighted by atomic mass is 35.5. The van der Waals surface area contributed by atoms with Crippen molar-refractivity contribution in [1.29, 1.82) is 0 Å². The van der Waals surface area contributed by atoms with Crippen molar-refractivity contribution in [2.75, 3.05) is 19.7 Å². The summed E-state index contributed by atoms with van der Waals surface area (Å²) >= 11 is 11.7. The smallest absolute Gasteiger partial charge is 0.304 e. The lowest BCUT2D eigenvalue weighted by atomic mass is 10.2. The zero-order chi connectivity index (χ0) is 16.0. The van der Waals surface area contributed by atoms with E-state index < -0.39 is 22.6 Å². The predicted molar refractivity (Wildman–Crippen MR) is 80.0 cm³/mol. The number of sulfonamides is 1. The van der Waals surface area contributed by atoms with Crippen LogP contribution < -0.4 is 0 Å². The summed E-state index contributed by atoms with van der Waals surface area (Å²) < 4.78 is 25.5. The van der Waals surface area contributed by atoms with E-state index in [4.69, 9.17) is 33.4 Å². The average molecular weight is 356 g/mol. The number of nitrogens with zero attached hydrogens (tertiary/aromatic N) is 1.